The van der Waals surface area contributed by atoms with E-state index >= 15 is 0 Å². The first-order valence-corrected chi connectivity index (χ1v) is 9.08. The number of carbonyl (C=O) groups is 3. The Labute approximate surface area is 182 Å². The van der Waals surface area contributed by atoms with Crippen LogP contribution in [0.25, 0.3) is 0 Å². The number of hydrogen-bond acceptors (Lipinski definition) is 8. The Morgan fingerprint density at radius 3 is 2.50 bits per heavy atom. The largest absolute Gasteiger partial charge is 0.493 e. The zero-order chi connectivity index (χ0) is 22.9. The van der Waals surface area contributed by atoms with Crippen LogP contribution in [0.1, 0.15) is 21.7 Å². The van der Waals surface area contributed by atoms with Crippen LogP contribution in [0.2, 0.25) is 0 Å². The molecule has 10 heteroatoms. The van der Waals surface area contributed by atoms with Crippen molar-refractivity contribution in [1.29, 1.82) is 5.26 Å². The van der Waals surface area contributed by atoms with Gasteiger partial charge >= 0.3 is 17.8 Å². The van der Waals surface area contributed by atoms with E-state index in [9.17, 15) is 14.4 Å². The van der Waals surface area contributed by atoms with Crippen molar-refractivity contribution in [3.63, 3.8) is 0 Å². The monoisotopic (exact) mass is 432 g/mol. The summed E-state index contributed by atoms with van der Waals surface area (Å²) in [7, 11) is 1.40. The van der Waals surface area contributed by atoms with E-state index in [-0.39, 0.29) is 17.3 Å². The first-order chi connectivity index (χ1) is 15.5. The lowest BCUT2D eigenvalue weighted by molar-refractivity contribution is -0.136. The summed E-state index contributed by atoms with van der Waals surface area (Å²) >= 11 is 0. The summed E-state index contributed by atoms with van der Waals surface area (Å²) in [5.74, 6) is -2.14. The number of carbonyl (C=O) groups excluding carboxylic acids is 3. The summed E-state index contributed by atoms with van der Waals surface area (Å²) in [5, 5.41) is 14.9. The molecule has 1 heterocycles. The van der Waals surface area contributed by atoms with Crippen LogP contribution in [0.5, 0.6) is 11.5 Å². The fourth-order valence-corrected chi connectivity index (χ4v) is 2.43. The fraction of sp³-hybridized carbons (Fsp3) is 0.0455. The molecule has 0 aliphatic heterocycles. The Kier molecular flexibility index (Phi) is 6.96. The van der Waals surface area contributed by atoms with Gasteiger partial charge in [-0.1, -0.05) is 0 Å². The normalized spacial score (nSPS) is 10.2. The standard InChI is InChI=1S/C22H16N4O6/c1-30-19-11-15(6-9-17(19)32-22(29)18-3-2-10-31-18)13-24-26-21(28)20(27)25-16-7-4-14(12-23)5-8-16/h2-11,13H,1H3,(H,25,27)(H,26,28). The molecule has 0 unspecified atom stereocenters. The SMILES string of the molecule is COc1cc(C=NNC(=O)C(=O)Nc2ccc(C#N)cc2)ccc1OC(=O)c1ccco1. The molecule has 2 N–H and O–H groups in total. The zero-order valence-corrected chi connectivity index (χ0v) is 16.7. The van der Waals surface area contributed by atoms with Crippen LogP contribution >= 0.6 is 0 Å². The van der Waals surface area contributed by atoms with Crippen LogP contribution in [0.4, 0.5) is 5.69 Å². The van der Waals surface area contributed by atoms with Crippen molar-refractivity contribution < 1.29 is 28.3 Å². The molecular formula is C22H16N4O6. The Bertz CT molecular complexity index is 1190. The molecule has 1 aromatic heterocycles. The first kappa shape index (κ1) is 21.8. The van der Waals surface area contributed by atoms with E-state index in [4.69, 9.17) is 19.2 Å². The van der Waals surface area contributed by atoms with Gasteiger partial charge in [0.05, 0.1) is 31.2 Å². The molecule has 10 nitrogen and oxygen atoms in total. The maximum Gasteiger partial charge on any atom is 0.379 e. The van der Waals surface area contributed by atoms with E-state index in [1.54, 1.807) is 12.1 Å². The number of rotatable bonds is 6. The number of amides is 2. The van der Waals surface area contributed by atoms with Crippen LogP contribution < -0.4 is 20.2 Å². The van der Waals surface area contributed by atoms with Gasteiger partial charge in [0.25, 0.3) is 0 Å². The van der Waals surface area contributed by atoms with Crippen LogP contribution in [-0.4, -0.2) is 31.1 Å². The van der Waals surface area contributed by atoms with Crippen molar-refractivity contribution in [2.45, 2.75) is 0 Å². The minimum absolute atomic E-state index is 0.0414. The Hall–Kier alpha value is -4.91. The van der Waals surface area contributed by atoms with Crippen LogP contribution in [-0.2, 0) is 9.59 Å². The third-order valence-corrected chi connectivity index (χ3v) is 3.97. The van der Waals surface area contributed by atoms with Crippen LogP contribution in [0, 0.1) is 11.3 Å². The van der Waals surface area contributed by atoms with Crippen molar-refractivity contribution in [2.75, 3.05) is 12.4 Å². The minimum atomic E-state index is -0.985. The second-order valence-electron chi connectivity index (χ2n) is 6.12. The van der Waals surface area contributed by atoms with Crippen molar-refractivity contribution in [3.05, 3.63) is 77.7 Å². The number of esters is 1. The number of hydrazone groups is 1. The molecule has 0 aliphatic carbocycles. The highest BCUT2D eigenvalue weighted by molar-refractivity contribution is 6.39. The molecule has 160 valence electrons. The van der Waals surface area contributed by atoms with E-state index in [1.165, 1.54) is 62.1 Å². The van der Waals surface area contributed by atoms with Crippen LogP contribution in [0.3, 0.4) is 0 Å². The lowest BCUT2D eigenvalue weighted by Crippen LogP contribution is -2.32. The number of hydrogen-bond donors (Lipinski definition) is 2. The van der Waals surface area contributed by atoms with E-state index in [0.717, 1.165) is 0 Å². The number of nitrogens with zero attached hydrogens (tertiary/aromatic N) is 2. The summed E-state index contributed by atoms with van der Waals surface area (Å²) < 4.78 is 15.4. The predicted octanol–water partition coefficient (Wildman–Crippen LogP) is 2.47. The van der Waals surface area contributed by atoms with Crippen molar-refractivity contribution in [1.82, 2.24) is 5.43 Å². The maximum absolute atomic E-state index is 12.0. The average molecular weight is 432 g/mol. The molecule has 3 aromatic rings. The van der Waals surface area contributed by atoms with Crippen molar-refractivity contribution in [2.24, 2.45) is 5.10 Å². The molecule has 0 spiro atoms. The quantitative estimate of drug-likeness (QED) is 0.200. The lowest BCUT2D eigenvalue weighted by atomic mass is 10.2. The van der Waals surface area contributed by atoms with E-state index in [0.29, 0.717) is 16.8 Å². The fourth-order valence-electron chi connectivity index (χ4n) is 2.43. The number of furan rings is 1. The third kappa shape index (κ3) is 5.58. The molecule has 0 aliphatic rings. The van der Waals surface area contributed by atoms with E-state index < -0.39 is 17.8 Å². The molecule has 0 atom stereocenters. The molecule has 3 rings (SSSR count). The average Bonchev–Trinajstić information content (AvgIpc) is 3.35. The summed E-state index contributed by atoms with van der Waals surface area (Å²) in [6, 6.07) is 15.6. The number of nitriles is 1. The van der Waals surface area contributed by atoms with Gasteiger partial charge in [0.1, 0.15) is 0 Å². The smallest absolute Gasteiger partial charge is 0.379 e. The van der Waals surface area contributed by atoms with Crippen molar-refractivity contribution in [3.8, 4) is 17.6 Å². The van der Waals surface area contributed by atoms with E-state index in [2.05, 4.69) is 15.8 Å². The molecular weight excluding hydrogens is 416 g/mol. The predicted molar refractivity (Wildman–Crippen MR) is 112 cm³/mol. The minimum Gasteiger partial charge on any atom is -0.493 e. The second-order valence-corrected chi connectivity index (χ2v) is 6.12. The summed E-state index contributed by atoms with van der Waals surface area (Å²) in [4.78, 5) is 35.8. The number of benzene rings is 2. The number of methoxy groups -OCH3 is 1. The van der Waals surface area contributed by atoms with Gasteiger partial charge in [0.15, 0.2) is 11.5 Å². The van der Waals surface area contributed by atoms with Gasteiger partial charge in [-0.05, 0) is 60.2 Å². The van der Waals surface area contributed by atoms with Gasteiger partial charge in [-0.15, -0.1) is 0 Å². The maximum atomic E-state index is 12.0. The molecule has 0 bridgehead atoms. The Balaban J connectivity index is 1.58. The van der Waals surface area contributed by atoms with Gasteiger partial charge < -0.3 is 19.2 Å². The number of ether oxygens (including phenoxy) is 2. The van der Waals surface area contributed by atoms with Gasteiger partial charge in [-0.2, -0.15) is 10.4 Å². The molecule has 2 aromatic carbocycles. The first-order valence-electron chi connectivity index (χ1n) is 9.08. The molecule has 0 saturated carbocycles. The lowest BCUT2D eigenvalue weighted by Gasteiger charge is -2.09. The van der Waals surface area contributed by atoms with Gasteiger partial charge in [0.2, 0.25) is 5.76 Å². The highest BCUT2D eigenvalue weighted by Gasteiger charge is 2.15. The molecule has 0 fully saturated rings. The Morgan fingerprint density at radius 1 is 1.06 bits per heavy atom. The molecule has 0 saturated heterocycles. The second kappa shape index (κ2) is 10.2. The highest BCUT2D eigenvalue weighted by atomic mass is 16.6. The molecule has 32 heavy (non-hydrogen) atoms. The number of nitrogens with one attached hydrogen (secondary N) is 2. The Morgan fingerprint density at radius 2 is 1.84 bits per heavy atom. The summed E-state index contributed by atoms with van der Waals surface area (Å²) in [6.07, 6.45) is 2.64. The molecule has 0 radical (unpaired) electrons. The number of anilines is 1. The highest BCUT2D eigenvalue weighted by Crippen LogP contribution is 2.28. The van der Waals surface area contributed by atoms with E-state index in [1.807, 2.05) is 6.07 Å². The molecule has 2 amide bonds. The third-order valence-electron chi connectivity index (χ3n) is 3.97. The van der Waals surface area contributed by atoms with Crippen molar-refractivity contribution >= 4 is 29.7 Å². The zero-order valence-electron chi connectivity index (χ0n) is 16.7. The van der Waals surface area contributed by atoms with Gasteiger partial charge in [0, 0.05) is 5.69 Å². The van der Waals surface area contributed by atoms with Gasteiger partial charge in [-0.3, -0.25) is 9.59 Å². The topological polar surface area (TPSA) is 143 Å². The summed E-state index contributed by atoms with van der Waals surface area (Å²) in [6.45, 7) is 0. The summed E-state index contributed by atoms with van der Waals surface area (Å²) in [5.41, 5.74) is 3.40. The van der Waals surface area contributed by atoms with Crippen LogP contribution in [0.15, 0.2) is 70.4 Å². The van der Waals surface area contributed by atoms with Gasteiger partial charge in [-0.25, -0.2) is 10.2 Å².